The van der Waals surface area contributed by atoms with Gasteiger partial charge in [0.1, 0.15) is 12.4 Å². The van der Waals surface area contributed by atoms with Crippen LogP contribution in [-0.4, -0.2) is 31.2 Å². The number of ether oxygens (including phenoxy) is 1. The van der Waals surface area contributed by atoms with Gasteiger partial charge in [0.05, 0.1) is 0 Å². The van der Waals surface area contributed by atoms with Crippen LogP contribution in [0.3, 0.4) is 0 Å². The molecular formula is C28H44ClN3O. The molecule has 2 aromatic rings. The molecule has 0 radical (unpaired) electrons. The molecule has 0 saturated carbocycles. The molecule has 0 spiro atoms. The van der Waals surface area contributed by atoms with Crippen LogP contribution >= 0.6 is 11.6 Å². The van der Waals surface area contributed by atoms with Gasteiger partial charge in [-0.05, 0) is 80.5 Å². The van der Waals surface area contributed by atoms with Crippen molar-refractivity contribution in [3.63, 3.8) is 0 Å². The van der Waals surface area contributed by atoms with Crippen LogP contribution in [0.25, 0.3) is 0 Å². The Kier molecular flexibility index (Phi) is 11.0. The molecule has 0 heterocycles. The molecule has 1 atom stereocenters. The lowest BCUT2D eigenvalue weighted by Crippen LogP contribution is -2.53. The molecule has 0 aliphatic heterocycles. The molecule has 3 N–H and O–H groups in total. The Bertz CT molecular complexity index is 803. The molecule has 0 aliphatic rings. The highest BCUT2D eigenvalue weighted by atomic mass is 35.5. The van der Waals surface area contributed by atoms with Crippen LogP contribution in [0.4, 0.5) is 5.69 Å². The van der Waals surface area contributed by atoms with Crippen molar-refractivity contribution in [2.45, 2.75) is 72.6 Å². The highest BCUT2D eigenvalue weighted by Gasteiger charge is 2.23. The van der Waals surface area contributed by atoms with E-state index in [9.17, 15) is 0 Å². The van der Waals surface area contributed by atoms with E-state index in [2.05, 4.69) is 76.0 Å². The zero-order chi connectivity index (χ0) is 24.4. The second-order valence-electron chi connectivity index (χ2n) is 10.7. The van der Waals surface area contributed by atoms with E-state index in [0.29, 0.717) is 18.4 Å². The molecular weight excluding hydrogens is 430 g/mol. The average molecular weight is 474 g/mol. The lowest BCUT2D eigenvalue weighted by molar-refractivity contribution is 0.306. The third-order valence-electron chi connectivity index (χ3n) is 5.70. The van der Waals surface area contributed by atoms with Gasteiger partial charge in [-0.15, -0.1) is 0 Å². The zero-order valence-electron chi connectivity index (χ0n) is 21.4. The largest absolute Gasteiger partial charge is 0.489 e. The second kappa shape index (κ2) is 13.2. The fourth-order valence-corrected chi connectivity index (χ4v) is 3.97. The van der Waals surface area contributed by atoms with E-state index >= 15 is 0 Å². The van der Waals surface area contributed by atoms with Crippen LogP contribution in [0, 0.1) is 11.8 Å². The van der Waals surface area contributed by atoms with E-state index in [-0.39, 0.29) is 11.6 Å². The summed E-state index contributed by atoms with van der Waals surface area (Å²) < 4.78 is 5.97. The van der Waals surface area contributed by atoms with Crippen LogP contribution in [0.1, 0.15) is 59.9 Å². The minimum atomic E-state index is -0.0463. The fraction of sp³-hybridized carbons (Fsp3) is 0.571. The summed E-state index contributed by atoms with van der Waals surface area (Å²) in [4.78, 5) is 2.48. The Balaban J connectivity index is 2.00. The molecule has 2 aromatic carbocycles. The summed E-state index contributed by atoms with van der Waals surface area (Å²) in [5.74, 6) is 2.15. The monoisotopic (exact) mass is 473 g/mol. The Hall–Kier alpha value is -1.75. The van der Waals surface area contributed by atoms with Crippen molar-refractivity contribution >= 4 is 17.3 Å². The number of nitrogens with two attached hydrogens (primary N) is 1. The van der Waals surface area contributed by atoms with E-state index < -0.39 is 0 Å². The van der Waals surface area contributed by atoms with Crippen molar-refractivity contribution in [2.24, 2.45) is 17.6 Å². The number of rotatable bonds is 14. The van der Waals surface area contributed by atoms with Crippen LogP contribution in [0.2, 0.25) is 5.02 Å². The molecule has 0 saturated heterocycles. The van der Waals surface area contributed by atoms with Gasteiger partial charge in [-0.2, -0.15) is 0 Å². The van der Waals surface area contributed by atoms with Crippen LogP contribution < -0.4 is 20.7 Å². The molecule has 0 bridgehead atoms. The minimum absolute atomic E-state index is 0.0463. The predicted octanol–water partition coefficient (Wildman–Crippen LogP) is 6.51. The molecule has 0 aliphatic carbocycles. The normalized spacial score (nSPS) is 12.9. The Morgan fingerprint density at radius 3 is 2.18 bits per heavy atom. The predicted molar refractivity (Wildman–Crippen MR) is 143 cm³/mol. The maximum absolute atomic E-state index is 6.32. The third-order valence-corrected chi connectivity index (χ3v) is 5.95. The van der Waals surface area contributed by atoms with Crippen LogP contribution in [0.5, 0.6) is 5.75 Å². The van der Waals surface area contributed by atoms with Gasteiger partial charge in [0.15, 0.2) is 0 Å². The molecule has 33 heavy (non-hydrogen) atoms. The van der Waals surface area contributed by atoms with Gasteiger partial charge in [0.2, 0.25) is 0 Å². The molecule has 184 valence electrons. The maximum atomic E-state index is 6.32. The summed E-state index contributed by atoms with van der Waals surface area (Å²) in [6.45, 7) is 16.8. The van der Waals surface area contributed by atoms with Gasteiger partial charge < -0.3 is 20.7 Å². The SMILES string of the molecule is CC(C)CCN(CC(C)(C)NC[C@@H](N)CC(C)C)c1ccc(OCc2ccc(Cl)cc2)cc1. The molecule has 0 aromatic heterocycles. The molecule has 0 amide bonds. The third kappa shape index (κ3) is 10.8. The number of hydrogen-bond acceptors (Lipinski definition) is 4. The standard InChI is InChI=1S/C28H44ClN3O/c1-21(2)15-16-32(20-28(5,6)31-18-25(30)17-22(3)4)26-11-13-27(14-12-26)33-19-23-7-9-24(29)10-8-23/h7-14,21-22,25,31H,15-20,30H2,1-6H3/t25-/m0/s1. The van der Waals surface area contributed by atoms with E-state index in [1.807, 2.05) is 24.3 Å². The smallest absolute Gasteiger partial charge is 0.119 e. The van der Waals surface area contributed by atoms with Crippen molar-refractivity contribution in [1.29, 1.82) is 0 Å². The summed E-state index contributed by atoms with van der Waals surface area (Å²) in [7, 11) is 0. The first kappa shape index (κ1) is 27.5. The van der Waals surface area contributed by atoms with Crippen molar-refractivity contribution < 1.29 is 4.74 Å². The van der Waals surface area contributed by atoms with Gasteiger partial charge in [-0.25, -0.2) is 0 Å². The lowest BCUT2D eigenvalue weighted by atomic mass is 10.00. The zero-order valence-corrected chi connectivity index (χ0v) is 22.2. The van der Waals surface area contributed by atoms with Gasteiger partial charge in [0, 0.05) is 41.9 Å². The molecule has 0 unspecified atom stereocenters. The summed E-state index contributed by atoms with van der Waals surface area (Å²) in [6, 6.07) is 16.4. The van der Waals surface area contributed by atoms with Gasteiger partial charge in [-0.3, -0.25) is 0 Å². The van der Waals surface area contributed by atoms with E-state index in [4.69, 9.17) is 22.1 Å². The summed E-state index contributed by atoms with van der Waals surface area (Å²) in [5, 5.41) is 4.44. The molecule has 0 fully saturated rings. The summed E-state index contributed by atoms with van der Waals surface area (Å²) in [6.07, 6.45) is 2.19. The average Bonchev–Trinajstić information content (AvgIpc) is 2.75. The quantitative estimate of drug-likeness (QED) is 0.328. The second-order valence-corrected chi connectivity index (χ2v) is 11.1. The van der Waals surface area contributed by atoms with Crippen molar-refractivity contribution in [3.8, 4) is 5.75 Å². The Morgan fingerprint density at radius 2 is 1.61 bits per heavy atom. The fourth-order valence-electron chi connectivity index (χ4n) is 3.84. The number of hydrogen-bond donors (Lipinski definition) is 2. The van der Waals surface area contributed by atoms with Gasteiger partial charge in [0.25, 0.3) is 0 Å². The summed E-state index contributed by atoms with van der Waals surface area (Å²) >= 11 is 5.97. The number of halogens is 1. The van der Waals surface area contributed by atoms with Crippen molar-refractivity contribution in [3.05, 3.63) is 59.1 Å². The topological polar surface area (TPSA) is 50.5 Å². The molecule has 4 nitrogen and oxygen atoms in total. The number of anilines is 1. The van der Waals surface area contributed by atoms with Crippen LogP contribution in [0.15, 0.2) is 48.5 Å². The van der Waals surface area contributed by atoms with E-state index in [0.717, 1.165) is 48.8 Å². The first-order valence-electron chi connectivity index (χ1n) is 12.3. The lowest BCUT2D eigenvalue weighted by Gasteiger charge is -2.36. The van der Waals surface area contributed by atoms with Crippen molar-refractivity contribution in [2.75, 3.05) is 24.5 Å². The number of benzene rings is 2. The van der Waals surface area contributed by atoms with Crippen molar-refractivity contribution in [1.82, 2.24) is 5.32 Å². The minimum Gasteiger partial charge on any atom is -0.489 e. The van der Waals surface area contributed by atoms with Crippen LogP contribution in [-0.2, 0) is 6.61 Å². The van der Waals surface area contributed by atoms with Gasteiger partial charge in [-0.1, -0.05) is 51.4 Å². The highest BCUT2D eigenvalue weighted by molar-refractivity contribution is 6.30. The maximum Gasteiger partial charge on any atom is 0.119 e. The Labute approximate surface area is 206 Å². The first-order chi connectivity index (χ1) is 15.5. The first-order valence-corrected chi connectivity index (χ1v) is 12.6. The van der Waals surface area contributed by atoms with E-state index in [1.54, 1.807) is 0 Å². The van der Waals surface area contributed by atoms with E-state index in [1.165, 1.54) is 5.69 Å². The molecule has 5 heteroatoms. The molecule has 2 rings (SSSR count). The summed E-state index contributed by atoms with van der Waals surface area (Å²) in [5.41, 5.74) is 8.59. The highest BCUT2D eigenvalue weighted by Crippen LogP contribution is 2.23. The van der Waals surface area contributed by atoms with Gasteiger partial charge >= 0.3 is 0 Å². The number of nitrogens with zero attached hydrogens (tertiary/aromatic N) is 1. The Morgan fingerprint density at radius 1 is 0.970 bits per heavy atom. The number of nitrogens with one attached hydrogen (secondary N) is 1.